The topological polar surface area (TPSA) is 107 Å². The minimum Gasteiger partial charge on any atom is -0.323 e. The Labute approximate surface area is 155 Å². The molecule has 0 unspecified atom stereocenters. The molecule has 0 amide bonds. The highest BCUT2D eigenvalue weighted by molar-refractivity contribution is 7.89. The number of nitrogens with zero attached hydrogens (tertiary/aromatic N) is 2. The van der Waals surface area contributed by atoms with Crippen LogP contribution >= 0.6 is 11.6 Å². The molecule has 0 aromatic heterocycles. The fourth-order valence-electron chi connectivity index (χ4n) is 2.35. The van der Waals surface area contributed by atoms with Crippen molar-refractivity contribution in [2.45, 2.75) is 17.9 Å². The van der Waals surface area contributed by atoms with Gasteiger partial charge in [-0.15, -0.1) is 0 Å². The molecule has 0 heterocycles. The molecular weight excluding hydrogens is 385 g/mol. The summed E-state index contributed by atoms with van der Waals surface area (Å²) < 4.78 is 39.9. The molecule has 0 spiro atoms. The maximum absolute atomic E-state index is 13.3. The number of nitro benzene ring substituents is 1. The van der Waals surface area contributed by atoms with Crippen LogP contribution in [0.15, 0.2) is 47.4 Å². The van der Waals surface area contributed by atoms with Crippen LogP contribution in [0.25, 0.3) is 0 Å². The number of hydrogen-bond acceptors (Lipinski definition) is 5. The van der Waals surface area contributed by atoms with E-state index in [4.69, 9.17) is 17.3 Å². The summed E-state index contributed by atoms with van der Waals surface area (Å²) in [5.41, 5.74) is 6.34. The Kier molecular flexibility index (Phi) is 6.30. The summed E-state index contributed by atoms with van der Waals surface area (Å²) in [7, 11) is -3.89. The fourth-order valence-corrected chi connectivity index (χ4v) is 4.02. The van der Waals surface area contributed by atoms with Gasteiger partial charge in [-0.05, 0) is 29.8 Å². The van der Waals surface area contributed by atoms with Crippen molar-refractivity contribution >= 4 is 27.3 Å². The van der Waals surface area contributed by atoms with E-state index < -0.39 is 26.8 Å². The highest BCUT2D eigenvalue weighted by Crippen LogP contribution is 2.24. The molecule has 0 saturated carbocycles. The van der Waals surface area contributed by atoms with Gasteiger partial charge in [0.15, 0.2) is 0 Å². The van der Waals surface area contributed by atoms with E-state index in [-0.39, 0.29) is 28.7 Å². The summed E-state index contributed by atoms with van der Waals surface area (Å²) in [6.07, 6.45) is 0. The molecule has 2 aromatic rings. The van der Waals surface area contributed by atoms with Crippen LogP contribution in [-0.2, 0) is 10.0 Å². The first-order valence-corrected chi connectivity index (χ1v) is 9.43. The number of likely N-dealkylation sites (N-methyl/N-ethyl adjacent to an activating group) is 1. The normalized spacial score (nSPS) is 13.0. The Hall–Kier alpha value is -2.07. The molecule has 26 heavy (non-hydrogen) atoms. The van der Waals surface area contributed by atoms with E-state index in [2.05, 4.69) is 0 Å². The molecule has 0 bridgehead atoms. The van der Waals surface area contributed by atoms with Gasteiger partial charge in [-0.25, -0.2) is 12.8 Å². The maximum Gasteiger partial charge on any atom is 0.269 e. The van der Waals surface area contributed by atoms with E-state index in [0.717, 1.165) is 16.4 Å². The van der Waals surface area contributed by atoms with Crippen LogP contribution in [0.5, 0.6) is 0 Å². The Morgan fingerprint density at radius 3 is 2.38 bits per heavy atom. The zero-order chi connectivity index (χ0) is 19.5. The van der Waals surface area contributed by atoms with Crippen LogP contribution < -0.4 is 5.73 Å². The van der Waals surface area contributed by atoms with Gasteiger partial charge in [0.05, 0.1) is 14.8 Å². The number of hydrogen-bond donors (Lipinski definition) is 1. The van der Waals surface area contributed by atoms with Gasteiger partial charge in [0.1, 0.15) is 5.82 Å². The molecule has 140 valence electrons. The molecule has 0 fully saturated rings. The zero-order valence-electron chi connectivity index (χ0n) is 13.8. The highest BCUT2D eigenvalue weighted by Gasteiger charge is 2.26. The lowest BCUT2D eigenvalue weighted by molar-refractivity contribution is -0.384. The first-order valence-electron chi connectivity index (χ1n) is 7.62. The number of rotatable bonds is 7. The van der Waals surface area contributed by atoms with Crippen LogP contribution in [-0.4, -0.2) is 30.7 Å². The number of nitrogens with two attached hydrogens (primary N) is 1. The lowest BCUT2D eigenvalue weighted by atomic mass is 10.1. The SMILES string of the molecule is CCN(C[C@H](N)c1ccc(F)c(Cl)c1)S(=O)(=O)c1ccc([N+](=O)[O-])cc1. The third-order valence-corrected chi connectivity index (χ3v) is 6.05. The zero-order valence-corrected chi connectivity index (χ0v) is 15.4. The average Bonchev–Trinajstić information content (AvgIpc) is 2.61. The Balaban J connectivity index is 2.25. The second-order valence-electron chi connectivity index (χ2n) is 5.49. The summed E-state index contributed by atoms with van der Waals surface area (Å²) in [4.78, 5) is 10.0. The van der Waals surface area contributed by atoms with Crippen molar-refractivity contribution in [2.24, 2.45) is 5.73 Å². The molecule has 0 saturated heterocycles. The van der Waals surface area contributed by atoms with Crippen molar-refractivity contribution in [2.75, 3.05) is 13.1 Å². The fraction of sp³-hybridized carbons (Fsp3) is 0.250. The van der Waals surface area contributed by atoms with Gasteiger partial charge in [-0.3, -0.25) is 10.1 Å². The molecule has 2 rings (SSSR count). The van der Waals surface area contributed by atoms with Crippen LogP contribution in [0.4, 0.5) is 10.1 Å². The van der Waals surface area contributed by atoms with Crippen LogP contribution in [0.2, 0.25) is 5.02 Å². The molecule has 2 aromatic carbocycles. The molecule has 0 radical (unpaired) electrons. The molecule has 10 heteroatoms. The highest BCUT2D eigenvalue weighted by atomic mass is 35.5. The summed E-state index contributed by atoms with van der Waals surface area (Å²) in [5.74, 6) is -0.589. The van der Waals surface area contributed by atoms with Gasteiger partial charge in [-0.1, -0.05) is 24.6 Å². The number of nitro groups is 1. The Morgan fingerprint density at radius 2 is 1.88 bits per heavy atom. The molecule has 2 N–H and O–H groups in total. The second kappa shape index (κ2) is 8.09. The third-order valence-electron chi connectivity index (χ3n) is 3.81. The van der Waals surface area contributed by atoms with Crippen molar-refractivity contribution in [1.29, 1.82) is 0 Å². The second-order valence-corrected chi connectivity index (χ2v) is 7.83. The maximum atomic E-state index is 13.3. The quantitative estimate of drug-likeness (QED) is 0.566. The molecule has 7 nitrogen and oxygen atoms in total. The van der Waals surface area contributed by atoms with Gasteiger partial charge < -0.3 is 5.73 Å². The van der Waals surface area contributed by atoms with Crippen molar-refractivity contribution < 1.29 is 17.7 Å². The molecular formula is C16H17ClFN3O4S. The van der Waals surface area contributed by atoms with Crippen LogP contribution in [0.1, 0.15) is 18.5 Å². The van der Waals surface area contributed by atoms with Crippen molar-refractivity contribution in [3.63, 3.8) is 0 Å². The summed E-state index contributed by atoms with van der Waals surface area (Å²) >= 11 is 5.74. The number of sulfonamides is 1. The van der Waals surface area contributed by atoms with E-state index in [1.54, 1.807) is 6.92 Å². The van der Waals surface area contributed by atoms with E-state index in [1.807, 2.05) is 0 Å². The largest absolute Gasteiger partial charge is 0.323 e. The number of non-ortho nitro benzene ring substituents is 1. The molecule has 0 aliphatic rings. The molecule has 1 atom stereocenters. The van der Waals surface area contributed by atoms with Crippen LogP contribution in [0.3, 0.4) is 0 Å². The van der Waals surface area contributed by atoms with Crippen molar-refractivity contribution in [3.8, 4) is 0 Å². The standard InChI is InChI=1S/C16H17ClFN3O4S/c1-2-20(10-16(19)11-3-8-15(18)14(17)9-11)26(24,25)13-6-4-12(5-7-13)21(22)23/h3-9,16H,2,10,19H2,1H3/t16-/m0/s1. The van der Waals surface area contributed by atoms with Crippen molar-refractivity contribution in [1.82, 2.24) is 4.31 Å². The van der Waals surface area contributed by atoms with E-state index in [1.165, 1.54) is 30.3 Å². The van der Waals surface area contributed by atoms with E-state index >= 15 is 0 Å². The minimum absolute atomic E-state index is 0.0578. The monoisotopic (exact) mass is 401 g/mol. The Morgan fingerprint density at radius 1 is 1.27 bits per heavy atom. The smallest absolute Gasteiger partial charge is 0.269 e. The Bertz CT molecular complexity index is 906. The average molecular weight is 402 g/mol. The summed E-state index contributed by atoms with van der Waals surface area (Å²) in [6, 6.07) is 7.85. The lowest BCUT2D eigenvalue weighted by Gasteiger charge is -2.24. The molecule has 0 aliphatic heterocycles. The summed E-state index contributed by atoms with van der Waals surface area (Å²) in [5, 5.41) is 10.6. The first-order chi connectivity index (χ1) is 12.2. The number of halogens is 2. The van der Waals surface area contributed by atoms with Gasteiger partial charge in [0.2, 0.25) is 10.0 Å². The molecule has 0 aliphatic carbocycles. The van der Waals surface area contributed by atoms with Gasteiger partial charge in [0, 0.05) is 31.3 Å². The summed E-state index contributed by atoms with van der Waals surface area (Å²) in [6.45, 7) is 1.73. The number of benzene rings is 2. The minimum atomic E-state index is -3.89. The predicted octanol–water partition coefficient (Wildman–Crippen LogP) is 3.10. The van der Waals surface area contributed by atoms with E-state index in [9.17, 15) is 22.9 Å². The van der Waals surface area contributed by atoms with Crippen LogP contribution in [0, 0.1) is 15.9 Å². The first kappa shape index (κ1) is 20.2. The van der Waals surface area contributed by atoms with Gasteiger partial charge in [0.25, 0.3) is 5.69 Å². The third kappa shape index (κ3) is 4.36. The van der Waals surface area contributed by atoms with Crippen molar-refractivity contribution in [3.05, 3.63) is 69.0 Å². The lowest BCUT2D eigenvalue weighted by Crippen LogP contribution is -2.37. The van der Waals surface area contributed by atoms with Gasteiger partial charge in [-0.2, -0.15) is 4.31 Å². The predicted molar refractivity (Wildman–Crippen MR) is 95.9 cm³/mol. The van der Waals surface area contributed by atoms with E-state index in [0.29, 0.717) is 5.56 Å². The van der Waals surface area contributed by atoms with Gasteiger partial charge >= 0.3 is 0 Å².